The van der Waals surface area contributed by atoms with E-state index in [1.165, 1.54) is 12.8 Å². The van der Waals surface area contributed by atoms with E-state index in [4.69, 9.17) is 0 Å². The van der Waals surface area contributed by atoms with Crippen molar-refractivity contribution in [2.45, 2.75) is 31.7 Å². The molecular weight excluding hydrogens is 186 g/mol. The molecule has 0 aromatic heterocycles. The van der Waals surface area contributed by atoms with Crippen LogP contribution in [0.5, 0.6) is 0 Å². The van der Waals surface area contributed by atoms with E-state index in [1.54, 1.807) is 0 Å². The summed E-state index contributed by atoms with van der Waals surface area (Å²) in [4.78, 5) is 12.2. The number of para-hydroxylation sites is 1. The number of carbonyl (C=O) groups is 1. The largest absolute Gasteiger partial charge is 0.381 e. The topological polar surface area (TPSA) is 29.1 Å². The quantitative estimate of drug-likeness (QED) is 0.699. The van der Waals surface area contributed by atoms with E-state index in [-0.39, 0.29) is 5.92 Å². The van der Waals surface area contributed by atoms with Crippen molar-refractivity contribution in [3.63, 3.8) is 0 Å². The van der Waals surface area contributed by atoms with Crippen LogP contribution in [0.1, 0.15) is 36.0 Å². The highest BCUT2D eigenvalue weighted by molar-refractivity contribution is 6.05. The van der Waals surface area contributed by atoms with Gasteiger partial charge in [0.25, 0.3) is 0 Å². The molecule has 1 saturated carbocycles. The second kappa shape index (κ2) is 3.37. The van der Waals surface area contributed by atoms with Crippen molar-refractivity contribution in [1.82, 2.24) is 0 Å². The maximum absolute atomic E-state index is 12.2. The minimum atomic E-state index is 0.230. The third-order valence-electron chi connectivity index (χ3n) is 3.64. The van der Waals surface area contributed by atoms with E-state index in [2.05, 4.69) is 5.32 Å². The molecule has 2 aliphatic rings. The molecule has 0 radical (unpaired) electrons. The van der Waals surface area contributed by atoms with Crippen molar-refractivity contribution in [2.75, 3.05) is 5.32 Å². The fraction of sp³-hybridized carbons (Fsp3) is 0.462. The van der Waals surface area contributed by atoms with Gasteiger partial charge in [-0.05, 0) is 25.0 Å². The van der Waals surface area contributed by atoms with Crippen LogP contribution in [-0.2, 0) is 0 Å². The van der Waals surface area contributed by atoms with Crippen LogP contribution < -0.4 is 5.32 Å². The lowest BCUT2D eigenvalue weighted by Gasteiger charge is -2.36. The lowest BCUT2D eigenvalue weighted by atomic mass is 9.77. The van der Waals surface area contributed by atoms with Gasteiger partial charge in [0.2, 0.25) is 0 Å². The van der Waals surface area contributed by atoms with Crippen LogP contribution in [0.25, 0.3) is 0 Å². The van der Waals surface area contributed by atoms with E-state index in [0.29, 0.717) is 11.8 Å². The van der Waals surface area contributed by atoms with Crippen molar-refractivity contribution < 1.29 is 4.79 Å². The Morgan fingerprint density at radius 1 is 1.13 bits per heavy atom. The van der Waals surface area contributed by atoms with Gasteiger partial charge in [-0.2, -0.15) is 0 Å². The number of fused-ring (bicyclic) bond motifs is 2. The first-order valence-electron chi connectivity index (χ1n) is 5.76. The SMILES string of the molecule is O=C1c2ccccc2N[C@H]2CCCC[C@H]12. The summed E-state index contributed by atoms with van der Waals surface area (Å²) in [6, 6.07) is 8.28. The normalized spacial score (nSPS) is 28.9. The number of anilines is 1. The summed E-state index contributed by atoms with van der Waals surface area (Å²) in [7, 11) is 0. The van der Waals surface area contributed by atoms with Crippen LogP contribution in [0.4, 0.5) is 5.69 Å². The number of ketones is 1. The average molecular weight is 201 g/mol. The third-order valence-corrected chi connectivity index (χ3v) is 3.64. The van der Waals surface area contributed by atoms with Crippen molar-refractivity contribution in [3.05, 3.63) is 29.8 Å². The summed E-state index contributed by atoms with van der Waals surface area (Å²) in [5, 5.41) is 3.51. The van der Waals surface area contributed by atoms with Gasteiger partial charge in [0, 0.05) is 23.2 Å². The molecule has 1 aromatic carbocycles. The molecule has 2 heteroatoms. The van der Waals surface area contributed by atoms with Crippen molar-refractivity contribution in [1.29, 1.82) is 0 Å². The highest BCUT2D eigenvalue weighted by Crippen LogP contribution is 2.35. The van der Waals surface area contributed by atoms with Gasteiger partial charge in [-0.1, -0.05) is 25.0 Å². The second-order valence-corrected chi connectivity index (χ2v) is 4.55. The van der Waals surface area contributed by atoms with Crippen LogP contribution in [0.2, 0.25) is 0 Å². The Labute approximate surface area is 89.7 Å². The van der Waals surface area contributed by atoms with Crippen LogP contribution in [-0.4, -0.2) is 11.8 Å². The molecule has 1 aliphatic carbocycles. The number of nitrogens with one attached hydrogen (secondary N) is 1. The van der Waals surface area contributed by atoms with E-state index in [0.717, 1.165) is 24.1 Å². The molecule has 1 aliphatic heterocycles. The van der Waals surface area contributed by atoms with Crippen molar-refractivity contribution >= 4 is 11.5 Å². The van der Waals surface area contributed by atoms with E-state index < -0.39 is 0 Å². The first kappa shape index (κ1) is 8.96. The maximum atomic E-state index is 12.2. The van der Waals surface area contributed by atoms with Gasteiger partial charge in [-0.3, -0.25) is 4.79 Å². The number of carbonyl (C=O) groups excluding carboxylic acids is 1. The lowest BCUT2D eigenvalue weighted by molar-refractivity contribution is 0.0870. The van der Waals surface area contributed by atoms with Gasteiger partial charge in [-0.25, -0.2) is 0 Å². The van der Waals surface area contributed by atoms with E-state index >= 15 is 0 Å². The average Bonchev–Trinajstić information content (AvgIpc) is 2.30. The summed E-state index contributed by atoms with van der Waals surface area (Å²) in [6.07, 6.45) is 4.66. The van der Waals surface area contributed by atoms with Gasteiger partial charge in [0.15, 0.2) is 5.78 Å². The van der Waals surface area contributed by atoms with Gasteiger partial charge in [0.1, 0.15) is 0 Å². The Bertz CT molecular complexity index is 399. The monoisotopic (exact) mass is 201 g/mol. The van der Waals surface area contributed by atoms with Gasteiger partial charge < -0.3 is 5.32 Å². The molecule has 0 unspecified atom stereocenters. The summed E-state index contributed by atoms with van der Waals surface area (Å²) in [6.45, 7) is 0. The summed E-state index contributed by atoms with van der Waals surface area (Å²) in [5.74, 6) is 0.586. The highest BCUT2D eigenvalue weighted by Gasteiger charge is 2.36. The molecule has 2 atom stereocenters. The van der Waals surface area contributed by atoms with Gasteiger partial charge in [-0.15, -0.1) is 0 Å². The molecule has 15 heavy (non-hydrogen) atoms. The van der Waals surface area contributed by atoms with Gasteiger partial charge in [0.05, 0.1) is 0 Å². The van der Waals surface area contributed by atoms with Crippen LogP contribution in [0.15, 0.2) is 24.3 Å². The molecule has 1 aromatic rings. The van der Waals surface area contributed by atoms with Crippen LogP contribution in [0.3, 0.4) is 0 Å². The molecule has 0 saturated heterocycles. The number of Topliss-reactive ketones (excluding diaryl/α,β-unsaturated/α-hetero) is 1. The predicted octanol–water partition coefficient (Wildman–Crippen LogP) is 2.85. The predicted molar refractivity (Wildman–Crippen MR) is 60.1 cm³/mol. The molecule has 0 spiro atoms. The van der Waals surface area contributed by atoms with Crippen LogP contribution in [0, 0.1) is 5.92 Å². The Morgan fingerprint density at radius 3 is 2.87 bits per heavy atom. The zero-order valence-corrected chi connectivity index (χ0v) is 8.70. The minimum absolute atomic E-state index is 0.230. The Balaban J connectivity index is 2.02. The molecule has 1 heterocycles. The minimum Gasteiger partial charge on any atom is -0.381 e. The first-order chi connectivity index (χ1) is 7.36. The number of hydrogen-bond donors (Lipinski definition) is 1. The standard InChI is InChI=1S/C13H15NO/c15-13-9-5-1-3-7-11(9)14-12-8-4-2-6-10(12)13/h1,3,5,7,10,12,14H,2,4,6,8H2/t10-,12-/m0/s1. The smallest absolute Gasteiger partial charge is 0.170 e. The van der Waals surface area contributed by atoms with Crippen molar-refractivity contribution in [2.24, 2.45) is 5.92 Å². The number of benzene rings is 1. The maximum Gasteiger partial charge on any atom is 0.170 e. The zero-order valence-electron chi connectivity index (χ0n) is 8.70. The highest BCUT2D eigenvalue weighted by atomic mass is 16.1. The zero-order chi connectivity index (χ0) is 10.3. The molecule has 0 bridgehead atoms. The first-order valence-corrected chi connectivity index (χ1v) is 5.76. The van der Waals surface area contributed by atoms with E-state index in [1.807, 2.05) is 24.3 Å². The molecule has 1 N–H and O–H groups in total. The number of rotatable bonds is 0. The van der Waals surface area contributed by atoms with Crippen LogP contribution >= 0.6 is 0 Å². The molecule has 2 nitrogen and oxygen atoms in total. The molecule has 3 rings (SSSR count). The van der Waals surface area contributed by atoms with Crippen molar-refractivity contribution in [3.8, 4) is 0 Å². The summed E-state index contributed by atoms with van der Waals surface area (Å²) >= 11 is 0. The number of hydrogen-bond acceptors (Lipinski definition) is 2. The second-order valence-electron chi connectivity index (χ2n) is 4.55. The third kappa shape index (κ3) is 1.36. The summed E-state index contributed by atoms with van der Waals surface area (Å²) in [5.41, 5.74) is 1.92. The molecule has 1 fully saturated rings. The van der Waals surface area contributed by atoms with E-state index in [9.17, 15) is 4.79 Å². The van der Waals surface area contributed by atoms with Gasteiger partial charge >= 0.3 is 0 Å². The summed E-state index contributed by atoms with van der Waals surface area (Å²) < 4.78 is 0. The Morgan fingerprint density at radius 2 is 1.93 bits per heavy atom. The molecular formula is C13H15NO. The molecule has 0 amide bonds. The Kier molecular flexibility index (Phi) is 2.01. The fourth-order valence-corrected chi connectivity index (χ4v) is 2.84. The lowest BCUT2D eigenvalue weighted by Crippen LogP contribution is -2.41. The fourth-order valence-electron chi connectivity index (χ4n) is 2.84. The molecule has 78 valence electrons. The Hall–Kier alpha value is -1.31.